The topological polar surface area (TPSA) is 76.5 Å². The van der Waals surface area contributed by atoms with Crippen LogP contribution in [0.4, 0.5) is 5.69 Å². The zero-order valence-corrected chi connectivity index (χ0v) is 19.9. The molecule has 7 nitrogen and oxygen atoms in total. The molecule has 0 aliphatic carbocycles. The summed E-state index contributed by atoms with van der Waals surface area (Å²) in [5.41, 5.74) is 4.83. The summed E-state index contributed by atoms with van der Waals surface area (Å²) >= 11 is 1.65. The third-order valence-corrected chi connectivity index (χ3v) is 6.75. The fraction of sp³-hybridized carbons (Fsp3) is 0.320. The second kappa shape index (κ2) is 10.1. The Morgan fingerprint density at radius 1 is 1.18 bits per heavy atom. The highest BCUT2D eigenvalue weighted by molar-refractivity contribution is 8.00. The lowest BCUT2D eigenvalue weighted by Crippen LogP contribution is -2.30. The smallest absolute Gasteiger partial charge is 0.233 e. The largest absolute Gasteiger partial charge is 0.493 e. The van der Waals surface area contributed by atoms with Gasteiger partial charge in [-0.15, -0.1) is 11.8 Å². The van der Waals surface area contributed by atoms with Gasteiger partial charge in [-0.2, -0.15) is 5.10 Å². The first-order chi connectivity index (χ1) is 15.9. The third-order valence-electron chi connectivity index (χ3n) is 5.53. The fourth-order valence-electron chi connectivity index (χ4n) is 4.06. The first kappa shape index (κ1) is 22.9. The lowest BCUT2D eigenvalue weighted by atomic mass is 10.1. The van der Waals surface area contributed by atoms with Gasteiger partial charge in [0, 0.05) is 36.5 Å². The number of anilines is 1. The summed E-state index contributed by atoms with van der Waals surface area (Å²) in [4.78, 5) is 25.8. The Morgan fingerprint density at radius 2 is 1.97 bits per heavy atom. The van der Waals surface area contributed by atoms with E-state index in [2.05, 4.69) is 12.2 Å². The molecule has 1 aliphatic rings. The summed E-state index contributed by atoms with van der Waals surface area (Å²) in [7, 11) is 0. The minimum absolute atomic E-state index is 0.0435. The first-order valence-electron chi connectivity index (χ1n) is 11.0. The predicted molar refractivity (Wildman–Crippen MR) is 131 cm³/mol. The summed E-state index contributed by atoms with van der Waals surface area (Å²) in [5, 5.41) is 7.47. The van der Waals surface area contributed by atoms with Gasteiger partial charge >= 0.3 is 0 Å². The molecule has 0 bridgehead atoms. The summed E-state index contributed by atoms with van der Waals surface area (Å²) in [6.45, 7) is 6.63. The molecule has 0 saturated carbocycles. The molecule has 1 fully saturated rings. The van der Waals surface area contributed by atoms with E-state index in [0.29, 0.717) is 36.8 Å². The maximum atomic E-state index is 12.7. The van der Waals surface area contributed by atoms with Crippen LogP contribution in [0, 0.1) is 13.8 Å². The number of thioether (sulfide) groups is 1. The minimum atomic E-state index is -0.121. The lowest BCUT2D eigenvalue weighted by molar-refractivity contribution is -0.128. The molecular formula is C25H28N4O3S. The van der Waals surface area contributed by atoms with E-state index in [4.69, 9.17) is 9.84 Å². The number of carbonyl (C=O) groups is 2. The van der Waals surface area contributed by atoms with Crippen LogP contribution in [0.2, 0.25) is 0 Å². The Labute approximate surface area is 198 Å². The number of amides is 2. The molecule has 0 spiro atoms. The second-order valence-electron chi connectivity index (χ2n) is 7.99. The number of ether oxygens (including phenoxy) is 1. The molecule has 2 aromatic carbocycles. The molecule has 172 valence electrons. The van der Waals surface area contributed by atoms with Crippen molar-refractivity contribution in [1.82, 2.24) is 14.7 Å². The SMILES string of the molecule is CC(=O)Nc1cccc(OCCCN2C(=O)CSC2c2c(C)nn(-c3ccccc3)c2C)c1. The number of aromatic nitrogens is 2. The molecule has 2 heterocycles. The van der Waals surface area contributed by atoms with Crippen LogP contribution in [0.25, 0.3) is 5.69 Å². The van der Waals surface area contributed by atoms with Crippen molar-refractivity contribution in [3.8, 4) is 11.4 Å². The van der Waals surface area contributed by atoms with Crippen LogP contribution in [0.15, 0.2) is 54.6 Å². The quantitative estimate of drug-likeness (QED) is 0.497. The zero-order chi connectivity index (χ0) is 23.4. The van der Waals surface area contributed by atoms with Crippen molar-refractivity contribution in [3.05, 3.63) is 71.5 Å². The molecule has 8 heteroatoms. The number of para-hydroxylation sites is 1. The third kappa shape index (κ3) is 5.22. The monoisotopic (exact) mass is 464 g/mol. The number of hydrogen-bond acceptors (Lipinski definition) is 5. The van der Waals surface area contributed by atoms with E-state index in [1.165, 1.54) is 6.92 Å². The van der Waals surface area contributed by atoms with E-state index in [1.807, 2.05) is 65.0 Å². The molecule has 1 unspecified atom stereocenters. The Hall–Kier alpha value is -3.26. The van der Waals surface area contributed by atoms with E-state index in [-0.39, 0.29) is 17.2 Å². The van der Waals surface area contributed by atoms with Crippen LogP contribution in [-0.4, -0.2) is 45.4 Å². The molecular weight excluding hydrogens is 436 g/mol. The highest BCUT2D eigenvalue weighted by Crippen LogP contribution is 2.41. The number of benzene rings is 2. The summed E-state index contributed by atoms with van der Waals surface area (Å²) in [6.07, 6.45) is 0.706. The number of rotatable bonds is 8. The van der Waals surface area contributed by atoms with Crippen molar-refractivity contribution in [2.45, 2.75) is 32.6 Å². The number of hydrogen-bond donors (Lipinski definition) is 1. The minimum Gasteiger partial charge on any atom is -0.493 e. The number of nitrogens with zero attached hydrogens (tertiary/aromatic N) is 3. The Balaban J connectivity index is 1.41. The molecule has 1 aliphatic heterocycles. The van der Waals surface area contributed by atoms with E-state index in [0.717, 1.165) is 22.6 Å². The summed E-state index contributed by atoms with van der Waals surface area (Å²) in [5.74, 6) is 1.18. The fourth-order valence-corrected chi connectivity index (χ4v) is 5.44. The van der Waals surface area contributed by atoms with Crippen molar-refractivity contribution in [1.29, 1.82) is 0 Å². The number of aryl methyl sites for hydroxylation is 1. The molecule has 1 N–H and O–H groups in total. The van der Waals surface area contributed by atoms with E-state index < -0.39 is 0 Å². The second-order valence-corrected chi connectivity index (χ2v) is 9.06. The molecule has 0 radical (unpaired) electrons. The van der Waals surface area contributed by atoms with Crippen LogP contribution >= 0.6 is 11.8 Å². The van der Waals surface area contributed by atoms with Crippen molar-refractivity contribution in [3.63, 3.8) is 0 Å². The average molecular weight is 465 g/mol. The Kier molecular flexibility index (Phi) is 7.03. The maximum Gasteiger partial charge on any atom is 0.233 e. The molecule has 2 amide bonds. The number of nitrogens with one attached hydrogen (secondary N) is 1. The standard InChI is InChI=1S/C25H28N4O3S/c1-17-24(18(2)29(27-17)21-10-5-4-6-11-21)25-28(23(31)16-33-25)13-8-14-32-22-12-7-9-20(15-22)26-19(3)30/h4-7,9-12,15,25H,8,13-14,16H2,1-3H3,(H,26,30). The van der Waals surface area contributed by atoms with Gasteiger partial charge in [0.25, 0.3) is 0 Å². The average Bonchev–Trinajstić information content (AvgIpc) is 3.29. The van der Waals surface area contributed by atoms with Gasteiger partial charge in [-0.25, -0.2) is 4.68 Å². The van der Waals surface area contributed by atoms with Gasteiger partial charge < -0.3 is 15.0 Å². The van der Waals surface area contributed by atoms with Crippen LogP contribution < -0.4 is 10.1 Å². The van der Waals surface area contributed by atoms with Crippen LogP contribution in [0.5, 0.6) is 5.75 Å². The molecule has 33 heavy (non-hydrogen) atoms. The number of carbonyl (C=O) groups excluding carboxylic acids is 2. The van der Waals surface area contributed by atoms with Crippen molar-refractivity contribution < 1.29 is 14.3 Å². The van der Waals surface area contributed by atoms with E-state index in [1.54, 1.807) is 17.8 Å². The van der Waals surface area contributed by atoms with Gasteiger partial charge in [0.1, 0.15) is 11.1 Å². The van der Waals surface area contributed by atoms with Gasteiger partial charge in [-0.3, -0.25) is 9.59 Å². The van der Waals surface area contributed by atoms with Gasteiger partial charge in [-0.05, 0) is 44.5 Å². The molecule has 4 rings (SSSR count). The molecule has 3 aromatic rings. The van der Waals surface area contributed by atoms with Gasteiger partial charge in [0.15, 0.2) is 0 Å². The van der Waals surface area contributed by atoms with Gasteiger partial charge in [0.05, 0.1) is 23.7 Å². The highest BCUT2D eigenvalue weighted by Gasteiger charge is 2.36. The Morgan fingerprint density at radius 3 is 2.73 bits per heavy atom. The predicted octanol–water partition coefficient (Wildman–Crippen LogP) is 4.49. The summed E-state index contributed by atoms with van der Waals surface area (Å²) < 4.78 is 7.82. The highest BCUT2D eigenvalue weighted by atomic mass is 32.2. The zero-order valence-electron chi connectivity index (χ0n) is 19.1. The molecule has 1 saturated heterocycles. The normalized spacial score (nSPS) is 15.7. The van der Waals surface area contributed by atoms with Crippen molar-refractivity contribution >= 4 is 29.3 Å². The Bertz CT molecular complexity index is 1150. The van der Waals surface area contributed by atoms with Crippen molar-refractivity contribution in [2.24, 2.45) is 0 Å². The maximum absolute atomic E-state index is 12.7. The van der Waals surface area contributed by atoms with Gasteiger partial charge in [0.2, 0.25) is 11.8 Å². The van der Waals surface area contributed by atoms with E-state index >= 15 is 0 Å². The van der Waals surface area contributed by atoms with Crippen LogP contribution in [-0.2, 0) is 9.59 Å². The molecule has 1 atom stereocenters. The van der Waals surface area contributed by atoms with Crippen molar-refractivity contribution in [2.75, 3.05) is 24.2 Å². The van der Waals surface area contributed by atoms with Crippen LogP contribution in [0.1, 0.15) is 35.7 Å². The van der Waals surface area contributed by atoms with E-state index in [9.17, 15) is 9.59 Å². The lowest BCUT2D eigenvalue weighted by Gasteiger charge is -2.24. The van der Waals surface area contributed by atoms with Gasteiger partial charge in [-0.1, -0.05) is 24.3 Å². The summed E-state index contributed by atoms with van der Waals surface area (Å²) in [6, 6.07) is 17.4. The first-order valence-corrected chi connectivity index (χ1v) is 12.0. The van der Waals surface area contributed by atoms with Crippen LogP contribution in [0.3, 0.4) is 0 Å². The molecule has 1 aromatic heterocycles.